The van der Waals surface area contributed by atoms with Crippen molar-refractivity contribution < 1.29 is 48.5 Å². The van der Waals surface area contributed by atoms with Gasteiger partial charge in [-0.2, -0.15) is 34.8 Å². The Morgan fingerprint density at radius 3 is 2.12 bits per heavy atom. The van der Waals surface area contributed by atoms with Crippen LogP contribution >= 0.6 is 11.6 Å². The monoisotopic (exact) mass is 534 g/mol. The Bertz CT molecular complexity index is 1070. The summed E-state index contributed by atoms with van der Waals surface area (Å²) in [7, 11) is -5.41. The molecule has 2 unspecified atom stereocenters. The first kappa shape index (κ1) is 28.0. The van der Waals surface area contributed by atoms with Crippen LogP contribution in [0.1, 0.15) is 32.3 Å². The summed E-state index contributed by atoms with van der Waals surface area (Å²) in [5, 5.41) is 0.237. The normalized spacial score (nSPS) is 20.4. The molecule has 0 spiro atoms. The summed E-state index contributed by atoms with van der Waals surface area (Å²) in [5.41, 5.74) is -9.10. The van der Waals surface area contributed by atoms with Gasteiger partial charge in [0.1, 0.15) is 11.2 Å². The molecule has 1 aromatic rings. The van der Waals surface area contributed by atoms with Gasteiger partial charge in [-0.3, -0.25) is 4.79 Å². The van der Waals surface area contributed by atoms with Gasteiger partial charge in [-0.15, -0.1) is 0 Å². The van der Waals surface area contributed by atoms with E-state index in [9.17, 15) is 39.6 Å². The molecule has 0 fully saturated rings. The number of hydrogen-bond donors (Lipinski definition) is 0. The molecule has 190 valence electrons. The van der Waals surface area contributed by atoms with Crippen molar-refractivity contribution in [3.05, 3.63) is 52.8 Å². The van der Waals surface area contributed by atoms with Crippen LogP contribution in [0.25, 0.3) is 5.57 Å². The summed E-state index contributed by atoms with van der Waals surface area (Å²) in [5.74, 6) is -4.83. The predicted molar refractivity (Wildman–Crippen MR) is 112 cm³/mol. The predicted octanol–water partition coefficient (Wildman–Crippen LogP) is 6.26. The molecule has 0 aliphatic heterocycles. The Labute approximate surface area is 197 Å². The fraction of sp³-hybridized carbons (Fsp3) is 0.476. The van der Waals surface area contributed by atoms with Gasteiger partial charge in [-0.25, -0.2) is 0 Å². The minimum absolute atomic E-state index is 0.116. The second kappa shape index (κ2) is 9.80. The number of ether oxygens (including phenoxy) is 1. The molecular formula is C21H21ClF6O5S. The Morgan fingerprint density at radius 1 is 1.12 bits per heavy atom. The van der Waals surface area contributed by atoms with Crippen molar-refractivity contribution in [2.75, 3.05) is 7.11 Å². The quantitative estimate of drug-likeness (QED) is 0.179. The summed E-state index contributed by atoms with van der Waals surface area (Å²) < 4.78 is 115. The van der Waals surface area contributed by atoms with Crippen LogP contribution < -0.4 is 0 Å². The zero-order valence-electron chi connectivity index (χ0n) is 18.1. The van der Waals surface area contributed by atoms with E-state index in [1.54, 1.807) is 13.8 Å². The van der Waals surface area contributed by atoms with Gasteiger partial charge in [-0.05, 0) is 54.2 Å². The van der Waals surface area contributed by atoms with Crippen LogP contribution in [0.4, 0.5) is 26.3 Å². The first-order chi connectivity index (χ1) is 15.4. The topological polar surface area (TPSA) is 69.7 Å². The van der Waals surface area contributed by atoms with Crippen LogP contribution in [0, 0.1) is 17.3 Å². The molecule has 0 bridgehead atoms. The molecule has 2 rings (SSSR count). The van der Waals surface area contributed by atoms with Crippen LogP contribution in [-0.4, -0.2) is 33.2 Å². The SMILES string of the molecule is COC(=O)C(CC(C)C)C1(C(F)(F)F)C=C(OS(=O)(=O)C(F)(F)F)C=C(c2ccc(Cl)cc2)C1. The number of alkyl halides is 6. The molecule has 2 atom stereocenters. The van der Waals surface area contributed by atoms with E-state index in [1.165, 1.54) is 24.3 Å². The maximum atomic E-state index is 14.7. The van der Waals surface area contributed by atoms with E-state index in [2.05, 4.69) is 8.92 Å². The van der Waals surface area contributed by atoms with Crippen molar-refractivity contribution in [3.63, 3.8) is 0 Å². The van der Waals surface area contributed by atoms with Gasteiger partial charge >= 0.3 is 27.8 Å². The molecule has 1 aliphatic rings. The maximum absolute atomic E-state index is 14.7. The Kier molecular flexibility index (Phi) is 8.08. The number of carbonyl (C=O) groups excluding carboxylic acids is 1. The zero-order valence-corrected chi connectivity index (χ0v) is 19.7. The van der Waals surface area contributed by atoms with Crippen LogP contribution in [0.15, 0.2) is 42.2 Å². The highest BCUT2D eigenvalue weighted by Crippen LogP contribution is 2.56. The molecule has 5 nitrogen and oxygen atoms in total. The molecule has 0 saturated heterocycles. The second-order valence-corrected chi connectivity index (χ2v) is 10.1. The largest absolute Gasteiger partial charge is 0.534 e. The average molecular weight is 535 g/mol. The average Bonchev–Trinajstić information content (AvgIpc) is 2.69. The highest BCUT2D eigenvalue weighted by Gasteiger charge is 2.62. The van der Waals surface area contributed by atoms with Crippen molar-refractivity contribution in [1.82, 2.24) is 0 Å². The third-order valence-corrected chi connectivity index (χ3v) is 6.48. The van der Waals surface area contributed by atoms with Crippen molar-refractivity contribution in [1.29, 1.82) is 0 Å². The van der Waals surface area contributed by atoms with Gasteiger partial charge in [0, 0.05) is 5.02 Å². The van der Waals surface area contributed by atoms with Gasteiger partial charge in [0.2, 0.25) is 0 Å². The van der Waals surface area contributed by atoms with Crippen LogP contribution in [0.2, 0.25) is 5.02 Å². The van der Waals surface area contributed by atoms with E-state index < -0.39 is 57.2 Å². The van der Waals surface area contributed by atoms with Crippen molar-refractivity contribution in [2.24, 2.45) is 17.3 Å². The lowest BCUT2D eigenvalue weighted by Gasteiger charge is -2.41. The number of hydrogen-bond acceptors (Lipinski definition) is 5. The minimum Gasteiger partial charge on any atom is -0.469 e. The molecule has 0 N–H and O–H groups in total. The summed E-state index contributed by atoms with van der Waals surface area (Å²) in [6.45, 7) is 3.10. The van der Waals surface area contributed by atoms with Crippen LogP contribution in [0.5, 0.6) is 0 Å². The van der Waals surface area contributed by atoms with Crippen molar-refractivity contribution in [2.45, 2.75) is 38.4 Å². The number of allylic oxidation sites excluding steroid dienone is 3. The van der Waals surface area contributed by atoms with Crippen molar-refractivity contribution >= 4 is 33.3 Å². The summed E-state index contributed by atoms with van der Waals surface area (Å²) in [6, 6.07) is 5.30. The molecule has 1 aromatic carbocycles. The molecule has 13 heteroatoms. The zero-order chi connectivity index (χ0) is 26.1. The summed E-state index contributed by atoms with van der Waals surface area (Å²) in [4.78, 5) is 12.5. The Balaban J connectivity index is 2.82. The van der Waals surface area contributed by atoms with Crippen molar-refractivity contribution in [3.8, 4) is 0 Å². The number of esters is 1. The Morgan fingerprint density at radius 2 is 1.68 bits per heavy atom. The molecule has 1 aliphatic carbocycles. The highest BCUT2D eigenvalue weighted by molar-refractivity contribution is 7.87. The van der Waals surface area contributed by atoms with Gasteiger partial charge in [0.15, 0.2) is 0 Å². The first-order valence-electron chi connectivity index (χ1n) is 9.78. The Hall–Kier alpha value is -2.21. The smallest absolute Gasteiger partial charge is 0.469 e. The highest BCUT2D eigenvalue weighted by atomic mass is 35.5. The number of halogens is 7. The molecule has 0 amide bonds. The second-order valence-electron chi connectivity index (χ2n) is 8.13. The van der Waals surface area contributed by atoms with E-state index in [1.807, 2.05) is 0 Å². The molecule has 0 aromatic heterocycles. The number of benzene rings is 1. The van der Waals surface area contributed by atoms with E-state index in [-0.39, 0.29) is 28.7 Å². The summed E-state index contributed by atoms with van der Waals surface area (Å²) >= 11 is 5.81. The number of carbonyl (C=O) groups is 1. The number of methoxy groups -OCH3 is 1. The summed E-state index contributed by atoms with van der Waals surface area (Å²) in [6.07, 6.45) is -5.46. The number of rotatable bonds is 7. The molecule has 0 radical (unpaired) electrons. The minimum atomic E-state index is -6.30. The first-order valence-corrected chi connectivity index (χ1v) is 11.6. The van der Waals surface area contributed by atoms with E-state index >= 15 is 0 Å². The standard InChI is InChI=1S/C21H21ClF6O5S/c1-12(2)8-17(18(29)32-3)19(20(23,24)25)10-14(13-4-6-15(22)7-5-13)9-16(11-19)33-34(30,31)21(26,27)28/h4-7,9,11-12,17H,8,10H2,1-3H3. The maximum Gasteiger partial charge on any atom is 0.534 e. The molecule has 0 heterocycles. The van der Waals surface area contributed by atoms with E-state index in [0.717, 1.165) is 13.2 Å². The lowest BCUT2D eigenvalue weighted by Crippen LogP contribution is -2.48. The van der Waals surface area contributed by atoms with Gasteiger partial charge in [0.25, 0.3) is 0 Å². The van der Waals surface area contributed by atoms with Crippen LogP contribution in [-0.2, 0) is 23.8 Å². The lowest BCUT2D eigenvalue weighted by molar-refractivity contribution is -0.228. The molecule has 34 heavy (non-hydrogen) atoms. The lowest BCUT2D eigenvalue weighted by atomic mass is 9.65. The fourth-order valence-electron chi connectivity index (χ4n) is 3.69. The van der Waals surface area contributed by atoms with E-state index in [0.29, 0.717) is 0 Å². The van der Waals surface area contributed by atoms with Gasteiger partial charge in [0.05, 0.1) is 13.0 Å². The van der Waals surface area contributed by atoms with E-state index in [4.69, 9.17) is 11.6 Å². The third kappa shape index (κ3) is 5.88. The molecular weight excluding hydrogens is 514 g/mol. The fourth-order valence-corrected chi connectivity index (χ4v) is 4.26. The van der Waals surface area contributed by atoms with Crippen LogP contribution in [0.3, 0.4) is 0 Å². The molecule has 0 saturated carbocycles. The third-order valence-electron chi connectivity index (χ3n) is 5.25. The van der Waals surface area contributed by atoms with Gasteiger partial charge in [-0.1, -0.05) is 37.6 Å². The van der Waals surface area contributed by atoms with Gasteiger partial charge < -0.3 is 8.92 Å².